The maximum atomic E-state index is 11.3. The summed E-state index contributed by atoms with van der Waals surface area (Å²) >= 11 is 0. The van der Waals surface area contributed by atoms with Crippen LogP contribution in [0.15, 0.2) is 24.4 Å². The second kappa shape index (κ2) is 5.42. The summed E-state index contributed by atoms with van der Waals surface area (Å²) in [5, 5.41) is 28.5. The van der Waals surface area contributed by atoms with E-state index in [1.165, 1.54) is 6.07 Å². The van der Waals surface area contributed by atoms with Crippen molar-refractivity contribution in [3.8, 4) is 0 Å². The third kappa shape index (κ3) is 2.47. The number of benzene rings is 1. The molecule has 0 radical (unpaired) electrons. The lowest BCUT2D eigenvalue weighted by Gasteiger charge is -2.05. The number of carboxylic acid groups (broad SMARTS) is 1. The number of aliphatic hydroxyl groups is 2. The largest absolute Gasteiger partial charge is 0.478 e. The number of rotatable bonds is 5. The topological polar surface area (TPSA) is 82.7 Å². The molecule has 0 spiro atoms. The number of aromatic nitrogens is 1. The zero-order valence-corrected chi connectivity index (χ0v) is 10.7. The van der Waals surface area contributed by atoms with Crippen LogP contribution in [0.25, 0.3) is 10.9 Å². The molecule has 1 heterocycles. The van der Waals surface area contributed by atoms with Gasteiger partial charge in [0.1, 0.15) is 0 Å². The van der Waals surface area contributed by atoms with Crippen LogP contribution in [0.5, 0.6) is 0 Å². The third-order valence-electron chi connectivity index (χ3n) is 3.17. The van der Waals surface area contributed by atoms with Crippen molar-refractivity contribution in [2.45, 2.75) is 26.0 Å². The van der Waals surface area contributed by atoms with Crippen LogP contribution >= 0.6 is 0 Å². The summed E-state index contributed by atoms with van der Waals surface area (Å²) in [6, 6.07) is 5.05. The van der Waals surface area contributed by atoms with Gasteiger partial charge in [-0.3, -0.25) is 0 Å². The van der Waals surface area contributed by atoms with Crippen LogP contribution < -0.4 is 0 Å². The van der Waals surface area contributed by atoms with E-state index in [9.17, 15) is 15.0 Å². The molecule has 0 fully saturated rings. The maximum Gasteiger partial charge on any atom is 0.336 e. The Labute approximate surface area is 110 Å². The molecule has 1 aromatic heterocycles. The van der Waals surface area contributed by atoms with Crippen LogP contribution in [0, 0.1) is 0 Å². The van der Waals surface area contributed by atoms with Crippen molar-refractivity contribution in [2.24, 2.45) is 0 Å². The van der Waals surface area contributed by atoms with Gasteiger partial charge >= 0.3 is 5.97 Å². The average Bonchev–Trinajstić information content (AvgIpc) is 2.75. The van der Waals surface area contributed by atoms with E-state index in [0.29, 0.717) is 23.9 Å². The number of hydrogen-bond acceptors (Lipinski definition) is 3. The number of aliphatic hydroxyl groups excluding tert-OH is 2. The molecule has 0 aliphatic carbocycles. The molecule has 2 rings (SSSR count). The average molecular weight is 263 g/mol. The quantitative estimate of drug-likeness (QED) is 0.767. The molecular formula is C14H17NO4. The van der Waals surface area contributed by atoms with E-state index in [4.69, 9.17) is 5.11 Å². The normalized spacial score (nSPS) is 12.8. The Morgan fingerprint density at radius 1 is 1.42 bits per heavy atom. The van der Waals surface area contributed by atoms with Gasteiger partial charge in [-0.25, -0.2) is 4.79 Å². The second-order valence-electron chi connectivity index (χ2n) is 4.54. The maximum absolute atomic E-state index is 11.3. The fourth-order valence-electron chi connectivity index (χ4n) is 2.31. The number of aryl methyl sites for hydroxylation is 1. The summed E-state index contributed by atoms with van der Waals surface area (Å²) in [4.78, 5) is 11.3. The van der Waals surface area contributed by atoms with Crippen LogP contribution in [0.2, 0.25) is 0 Å². The molecule has 0 saturated heterocycles. The predicted molar refractivity (Wildman–Crippen MR) is 71.2 cm³/mol. The lowest BCUT2D eigenvalue weighted by atomic mass is 10.0. The van der Waals surface area contributed by atoms with Gasteiger partial charge in [-0.2, -0.15) is 0 Å². The van der Waals surface area contributed by atoms with Crippen molar-refractivity contribution in [1.29, 1.82) is 0 Å². The first-order chi connectivity index (χ1) is 9.06. The van der Waals surface area contributed by atoms with E-state index in [2.05, 4.69) is 0 Å². The second-order valence-corrected chi connectivity index (χ2v) is 4.54. The molecular weight excluding hydrogens is 246 g/mol. The first-order valence-electron chi connectivity index (χ1n) is 6.20. The van der Waals surface area contributed by atoms with Crippen molar-refractivity contribution < 1.29 is 20.1 Å². The molecule has 2 aromatic rings. The molecule has 1 aromatic carbocycles. The summed E-state index contributed by atoms with van der Waals surface area (Å²) in [7, 11) is 0. The highest BCUT2D eigenvalue weighted by Crippen LogP contribution is 2.29. The molecule has 1 unspecified atom stereocenters. The number of carbonyl (C=O) groups is 1. The van der Waals surface area contributed by atoms with Crippen LogP contribution in [0.4, 0.5) is 0 Å². The van der Waals surface area contributed by atoms with Crippen LogP contribution in [-0.4, -0.2) is 32.5 Å². The monoisotopic (exact) mass is 263 g/mol. The van der Waals surface area contributed by atoms with Crippen molar-refractivity contribution in [3.63, 3.8) is 0 Å². The fourth-order valence-corrected chi connectivity index (χ4v) is 2.31. The standard InChI is InChI=1S/C14H17NO4/c1-9(17)11-8-15(6-3-7-16)12-5-2-4-10(13(11)12)14(18)19/h2,4-5,8-9,16-17H,3,6-7H2,1H3,(H,18,19). The molecule has 19 heavy (non-hydrogen) atoms. The summed E-state index contributed by atoms with van der Waals surface area (Å²) in [5.74, 6) is -1.01. The van der Waals surface area contributed by atoms with Crippen molar-refractivity contribution in [1.82, 2.24) is 4.57 Å². The zero-order valence-electron chi connectivity index (χ0n) is 10.7. The molecule has 0 bridgehead atoms. The predicted octanol–water partition coefficient (Wildman–Crippen LogP) is 1.78. The zero-order chi connectivity index (χ0) is 14.0. The van der Waals surface area contributed by atoms with Crippen LogP contribution in [0.3, 0.4) is 0 Å². The lowest BCUT2D eigenvalue weighted by Crippen LogP contribution is -2.00. The number of aromatic carboxylic acids is 1. The van der Waals surface area contributed by atoms with Gasteiger partial charge < -0.3 is 19.9 Å². The van der Waals surface area contributed by atoms with E-state index in [1.54, 1.807) is 19.2 Å². The van der Waals surface area contributed by atoms with Gasteiger partial charge in [0.2, 0.25) is 0 Å². The van der Waals surface area contributed by atoms with E-state index in [0.717, 1.165) is 5.52 Å². The van der Waals surface area contributed by atoms with Crippen molar-refractivity contribution >= 4 is 16.9 Å². The van der Waals surface area contributed by atoms with Crippen molar-refractivity contribution in [2.75, 3.05) is 6.61 Å². The molecule has 102 valence electrons. The van der Waals surface area contributed by atoms with Crippen LogP contribution in [0.1, 0.15) is 35.4 Å². The van der Waals surface area contributed by atoms with Gasteiger partial charge in [0, 0.05) is 35.8 Å². The van der Waals surface area contributed by atoms with Gasteiger partial charge in [-0.05, 0) is 25.5 Å². The Hall–Kier alpha value is -1.85. The number of hydrogen-bond donors (Lipinski definition) is 3. The minimum absolute atomic E-state index is 0.0717. The number of carboxylic acids is 1. The fraction of sp³-hybridized carbons (Fsp3) is 0.357. The van der Waals surface area contributed by atoms with E-state index < -0.39 is 12.1 Å². The van der Waals surface area contributed by atoms with Crippen molar-refractivity contribution in [3.05, 3.63) is 35.5 Å². The Morgan fingerprint density at radius 2 is 2.16 bits per heavy atom. The number of fused-ring (bicyclic) bond motifs is 1. The molecule has 0 aliphatic heterocycles. The van der Waals surface area contributed by atoms with Gasteiger partial charge in [-0.15, -0.1) is 0 Å². The van der Waals surface area contributed by atoms with Gasteiger partial charge in [0.25, 0.3) is 0 Å². The SMILES string of the molecule is CC(O)c1cn(CCCO)c2cccc(C(=O)O)c12. The molecule has 0 saturated carbocycles. The first kappa shape index (κ1) is 13.6. The Morgan fingerprint density at radius 3 is 2.74 bits per heavy atom. The molecule has 1 atom stereocenters. The molecule has 3 N–H and O–H groups in total. The highest BCUT2D eigenvalue weighted by atomic mass is 16.4. The summed E-state index contributed by atoms with van der Waals surface area (Å²) in [6.07, 6.45) is 1.61. The molecule has 5 nitrogen and oxygen atoms in total. The Bertz CT molecular complexity index is 601. The van der Waals surface area contributed by atoms with Gasteiger partial charge in [-0.1, -0.05) is 6.07 Å². The molecule has 5 heteroatoms. The van der Waals surface area contributed by atoms with E-state index in [1.807, 2.05) is 10.6 Å². The first-order valence-corrected chi connectivity index (χ1v) is 6.20. The Kier molecular flexibility index (Phi) is 3.87. The van der Waals surface area contributed by atoms with E-state index in [-0.39, 0.29) is 12.2 Å². The van der Waals surface area contributed by atoms with Gasteiger partial charge in [0.05, 0.1) is 11.7 Å². The third-order valence-corrected chi connectivity index (χ3v) is 3.17. The summed E-state index contributed by atoms with van der Waals surface area (Å²) in [5.41, 5.74) is 1.56. The molecule has 0 amide bonds. The van der Waals surface area contributed by atoms with Crippen LogP contribution in [-0.2, 0) is 6.54 Å². The summed E-state index contributed by atoms with van der Waals surface area (Å²) < 4.78 is 1.88. The lowest BCUT2D eigenvalue weighted by molar-refractivity contribution is 0.0699. The Balaban J connectivity index is 2.67. The highest BCUT2D eigenvalue weighted by molar-refractivity contribution is 6.04. The number of nitrogens with zero attached hydrogens (tertiary/aromatic N) is 1. The minimum atomic E-state index is -1.01. The highest BCUT2D eigenvalue weighted by Gasteiger charge is 2.18. The van der Waals surface area contributed by atoms with Gasteiger partial charge in [0.15, 0.2) is 0 Å². The molecule has 0 aliphatic rings. The minimum Gasteiger partial charge on any atom is -0.478 e. The smallest absolute Gasteiger partial charge is 0.336 e. The van der Waals surface area contributed by atoms with E-state index >= 15 is 0 Å². The summed E-state index contributed by atoms with van der Waals surface area (Å²) in [6.45, 7) is 2.27.